The number of aliphatic hydroxyl groups is 1. The topological polar surface area (TPSA) is 20.2 Å². The van der Waals surface area contributed by atoms with Gasteiger partial charge in [0.25, 0.3) is 0 Å². The zero-order valence-electron chi connectivity index (χ0n) is 14.2. The minimum atomic E-state index is -0.0449. The molecule has 0 spiro atoms. The number of hydrogen-bond acceptors (Lipinski definition) is 1. The lowest BCUT2D eigenvalue weighted by Crippen LogP contribution is -2.02. The highest BCUT2D eigenvalue weighted by Crippen LogP contribution is 2.07. The van der Waals surface area contributed by atoms with Gasteiger partial charge in [0.1, 0.15) is 0 Å². The molecule has 19 heavy (non-hydrogen) atoms. The summed E-state index contributed by atoms with van der Waals surface area (Å²) >= 11 is 0. The van der Waals surface area contributed by atoms with Gasteiger partial charge >= 0.3 is 0 Å². The van der Waals surface area contributed by atoms with Crippen LogP contribution in [0, 0.1) is 0 Å². The van der Waals surface area contributed by atoms with E-state index in [1.165, 1.54) is 70.6 Å². The number of unbranched alkanes of at least 4 members (excludes halogenated alkanes) is 9. The van der Waals surface area contributed by atoms with Gasteiger partial charge in [0.15, 0.2) is 0 Å². The fraction of sp³-hybridized carbons (Fsp3) is 1.00. The van der Waals surface area contributed by atoms with Gasteiger partial charge in [0, 0.05) is 0 Å². The van der Waals surface area contributed by atoms with Crippen LogP contribution in [0.2, 0.25) is 0 Å². The lowest BCUT2D eigenvalue weighted by atomic mass is 10.1. The fourth-order valence-electron chi connectivity index (χ4n) is 2.04. The molecular formula is C18H40O. The van der Waals surface area contributed by atoms with Crippen molar-refractivity contribution in [3.8, 4) is 0 Å². The van der Waals surface area contributed by atoms with Crippen molar-refractivity contribution < 1.29 is 5.11 Å². The zero-order valence-corrected chi connectivity index (χ0v) is 14.2. The van der Waals surface area contributed by atoms with E-state index in [0.29, 0.717) is 0 Å². The van der Waals surface area contributed by atoms with Crippen molar-refractivity contribution in [2.24, 2.45) is 0 Å². The van der Waals surface area contributed by atoms with E-state index in [9.17, 15) is 0 Å². The third-order valence-electron chi connectivity index (χ3n) is 3.57. The largest absolute Gasteiger partial charge is 0.393 e. The predicted octanol–water partition coefficient (Wildman–Crippen LogP) is 6.48. The van der Waals surface area contributed by atoms with Crippen molar-refractivity contribution in [2.75, 3.05) is 0 Å². The molecule has 0 aliphatic carbocycles. The summed E-state index contributed by atoms with van der Waals surface area (Å²) in [5.74, 6) is 0. The second-order valence-corrected chi connectivity index (χ2v) is 5.68. The van der Waals surface area contributed by atoms with Crippen LogP contribution in [0.5, 0.6) is 0 Å². The van der Waals surface area contributed by atoms with Gasteiger partial charge in [-0.1, -0.05) is 98.3 Å². The van der Waals surface area contributed by atoms with E-state index < -0.39 is 0 Å². The average Bonchev–Trinajstić information content (AvgIpc) is 2.43. The molecule has 1 N–H and O–H groups in total. The molecule has 0 saturated carbocycles. The molecule has 118 valence electrons. The molecule has 1 heteroatoms. The molecular weight excluding hydrogens is 232 g/mol. The van der Waals surface area contributed by atoms with Crippen molar-refractivity contribution in [3.05, 3.63) is 0 Å². The highest BCUT2D eigenvalue weighted by atomic mass is 16.3. The van der Waals surface area contributed by atoms with Crippen LogP contribution in [0.3, 0.4) is 0 Å². The Kier molecular flexibility index (Phi) is 22.7. The van der Waals surface area contributed by atoms with Crippen LogP contribution in [-0.4, -0.2) is 11.2 Å². The number of rotatable bonds is 12. The molecule has 0 bridgehead atoms. The molecule has 0 aromatic heterocycles. The van der Waals surface area contributed by atoms with Crippen LogP contribution in [0.15, 0.2) is 0 Å². The van der Waals surface area contributed by atoms with Crippen LogP contribution >= 0.6 is 0 Å². The van der Waals surface area contributed by atoms with E-state index in [4.69, 9.17) is 5.11 Å². The minimum absolute atomic E-state index is 0.0449. The Morgan fingerprint density at radius 1 is 0.579 bits per heavy atom. The molecule has 0 fully saturated rings. The van der Waals surface area contributed by atoms with Gasteiger partial charge in [-0.2, -0.15) is 0 Å². The predicted molar refractivity (Wildman–Crippen MR) is 88.7 cm³/mol. The highest BCUT2D eigenvalue weighted by Gasteiger charge is 1.97. The lowest BCUT2D eigenvalue weighted by molar-refractivity contribution is 0.156. The van der Waals surface area contributed by atoms with Crippen molar-refractivity contribution in [2.45, 2.75) is 117 Å². The fourth-order valence-corrected chi connectivity index (χ4v) is 2.04. The molecule has 0 aromatic carbocycles. The first-order valence-electron chi connectivity index (χ1n) is 8.90. The molecule has 0 heterocycles. The Morgan fingerprint density at radius 3 is 1.32 bits per heavy atom. The van der Waals surface area contributed by atoms with Crippen molar-refractivity contribution in [1.29, 1.82) is 0 Å². The van der Waals surface area contributed by atoms with Crippen molar-refractivity contribution in [1.82, 2.24) is 0 Å². The molecule has 0 saturated heterocycles. The summed E-state index contributed by atoms with van der Waals surface area (Å²) in [5, 5.41) is 9.08. The molecule has 0 aliphatic heterocycles. The quantitative estimate of drug-likeness (QED) is 0.403. The maximum Gasteiger partial charge on any atom is 0.0537 e. The normalized spacial score (nSPS) is 11.8. The summed E-state index contributed by atoms with van der Waals surface area (Å²) in [6, 6.07) is 0. The third-order valence-corrected chi connectivity index (χ3v) is 3.57. The van der Waals surface area contributed by atoms with Crippen LogP contribution in [-0.2, 0) is 0 Å². The van der Waals surface area contributed by atoms with Gasteiger partial charge < -0.3 is 5.11 Å². The monoisotopic (exact) mass is 272 g/mol. The highest BCUT2D eigenvalue weighted by molar-refractivity contribution is 4.51. The van der Waals surface area contributed by atoms with E-state index in [-0.39, 0.29) is 6.10 Å². The summed E-state index contributed by atoms with van der Waals surface area (Å²) < 4.78 is 0. The molecule has 0 rings (SSSR count). The Balaban J connectivity index is 0. The van der Waals surface area contributed by atoms with Crippen molar-refractivity contribution >= 4 is 0 Å². The zero-order chi connectivity index (χ0) is 14.8. The van der Waals surface area contributed by atoms with E-state index in [1.54, 1.807) is 0 Å². The summed E-state index contributed by atoms with van der Waals surface area (Å²) in [6.07, 6.45) is 17.0. The first-order valence-corrected chi connectivity index (χ1v) is 8.90. The molecule has 0 amide bonds. The number of aliphatic hydroxyl groups excluding tert-OH is 1. The van der Waals surface area contributed by atoms with Crippen LogP contribution in [0.25, 0.3) is 0 Å². The molecule has 0 aliphatic rings. The second-order valence-electron chi connectivity index (χ2n) is 5.68. The average molecular weight is 273 g/mol. The van der Waals surface area contributed by atoms with Crippen LogP contribution in [0.4, 0.5) is 0 Å². The van der Waals surface area contributed by atoms with Gasteiger partial charge in [-0.15, -0.1) is 0 Å². The first kappa shape index (κ1) is 21.3. The summed E-state index contributed by atoms with van der Waals surface area (Å²) in [6.45, 7) is 8.74. The van der Waals surface area contributed by atoms with Crippen LogP contribution < -0.4 is 0 Å². The van der Waals surface area contributed by atoms with E-state index in [0.717, 1.165) is 12.8 Å². The van der Waals surface area contributed by atoms with E-state index >= 15 is 0 Å². The first-order chi connectivity index (χ1) is 9.22. The standard InChI is InChI=1S/C10H22.C8H18O/c1-3-5-7-9-10-8-6-4-2;1-3-5-6-7-8(9)4-2/h3-10H2,1-2H3;8-9H,3-7H2,1-2H3. The van der Waals surface area contributed by atoms with Crippen molar-refractivity contribution in [3.63, 3.8) is 0 Å². The molecule has 0 radical (unpaired) electrons. The molecule has 1 nitrogen and oxygen atoms in total. The smallest absolute Gasteiger partial charge is 0.0537 e. The maximum atomic E-state index is 9.08. The Labute approximate surface area is 123 Å². The summed E-state index contributed by atoms with van der Waals surface area (Å²) in [7, 11) is 0. The second kappa shape index (κ2) is 20.3. The summed E-state index contributed by atoms with van der Waals surface area (Å²) in [5.41, 5.74) is 0. The summed E-state index contributed by atoms with van der Waals surface area (Å²) in [4.78, 5) is 0. The van der Waals surface area contributed by atoms with Gasteiger partial charge in [0.05, 0.1) is 6.10 Å². The molecule has 1 atom stereocenters. The van der Waals surface area contributed by atoms with Gasteiger partial charge in [-0.25, -0.2) is 0 Å². The SMILES string of the molecule is CCCCCC(O)CC.CCCCCCCCCC. The Bertz CT molecular complexity index is 126. The number of hydrogen-bond donors (Lipinski definition) is 1. The molecule has 0 aromatic rings. The minimum Gasteiger partial charge on any atom is -0.393 e. The van der Waals surface area contributed by atoms with Gasteiger partial charge in [-0.3, -0.25) is 0 Å². The Morgan fingerprint density at radius 2 is 0.947 bits per heavy atom. The Hall–Kier alpha value is -0.0400. The molecule has 1 unspecified atom stereocenters. The van der Waals surface area contributed by atoms with E-state index in [1.807, 2.05) is 6.92 Å². The third kappa shape index (κ3) is 23.5. The van der Waals surface area contributed by atoms with Gasteiger partial charge in [0.2, 0.25) is 0 Å². The van der Waals surface area contributed by atoms with E-state index in [2.05, 4.69) is 20.8 Å². The van der Waals surface area contributed by atoms with Crippen LogP contribution in [0.1, 0.15) is 111 Å². The lowest BCUT2D eigenvalue weighted by Gasteiger charge is -2.04. The van der Waals surface area contributed by atoms with Gasteiger partial charge in [-0.05, 0) is 12.8 Å². The maximum absolute atomic E-state index is 9.08.